The predicted molar refractivity (Wildman–Crippen MR) is 54.6 cm³/mol. The zero-order chi connectivity index (χ0) is 10.6. The molecule has 0 saturated heterocycles. The Morgan fingerprint density at radius 1 is 1.79 bits per heavy atom. The van der Waals surface area contributed by atoms with E-state index in [-0.39, 0.29) is 12.5 Å². The highest BCUT2D eigenvalue weighted by Gasteiger charge is 2.08. The summed E-state index contributed by atoms with van der Waals surface area (Å²) in [6.07, 6.45) is 6.53. The molecule has 1 aromatic rings. The van der Waals surface area contributed by atoms with E-state index in [4.69, 9.17) is 12.2 Å². The van der Waals surface area contributed by atoms with Crippen molar-refractivity contribution in [3.8, 4) is 12.3 Å². The molecule has 0 radical (unpaired) electrons. The Morgan fingerprint density at radius 2 is 2.50 bits per heavy atom. The number of terminal acetylenes is 1. The lowest BCUT2D eigenvalue weighted by Gasteiger charge is -2.05. The Morgan fingerprint density at radius 3 is 3.14 bits per heavy atom. The Balaban J connectivity index is 2.90. The molecule has 72 valence electrons. The molecule has 4 heteroatoms. The number of anilines is 1. The summed E-state index contributed by atoms with van der Waals surface area (Å²) in [4.78, 5) is 15.4. The topological polar surface area (TPSA) is 68.0 Å². The van der Waals surface area contributed by atoms with Crippen molar-refractivity contribution in [2.24, 2.45) is 0 Å². The number of amides is 1. The molecular formula is C10H11N3O. The second-order valence-corrected chi connectivity index (χ2v) is 2.79. The number of carbonyl (C=O) groups is 1. The van der Waals surface area contributed by atoms with Crippen molar-refractivity contribution in [3.63, 3.8) is 0 Å². The summed E-state index contributed by atoms with van der Waals surface area (Å²) in [5, 5.41) is 2.55. The highest BCUT2D eigenvalue weighted by atomic mass is 16.1. The molecule has 0 aromatic carbocycles. The van der Waals surface area contributed by atoms with Gasteiger partial charge in [-0.1, -0.05) is 5.92 Å². The van der Waals surface area contributed by atoms with E-state index in [2.05, 4.69) is 16.2 Å². The third-order valence-electron chi connectivity index (χ3n) is 1.70. The standard InChI is InChI=1S/C10H11N3O/c1-3-4-12-10(14)9-5-8(11)6-13-7(9)2/h1,5-6H,4,11H2,2H3,(H,12,14). The highest BCUT2D eigenvalue weighted by molar-refractivity contribution is 5.96. The Hall–Kier alpha value is -2.02. The second-order valence-electron chi connectivity index (χ2n) is 2.79. The van der Waals surface area contributed by atoms with E-state index >= 15 is 0 Å². The molecule has 0 aliphatic rings. The summed E-state index contributed by atoms with van der Waals surface area (Å²) in [5.74, 6) is 2.07. The third kappa shape index (κ3) is 2.23. The SMILES string of the molecule is C#CCNC(=O)c1cc(N)cnc1C. The third-order valence-corrected chi connectivity index (χ3v) is 1.70. The zero-order valence-corrected chi connectivity index (χ0v) is 7.87. The van der Waals surface area contributed by atoms with E-state index < -0.39 is 0 Å². The average molecular weight is 189 g/mol. The first-order chi connectivity index (χ1) is 6.65. The minimum atomic E-state index is -0.250. The van der Waals surface area contributed by atoms with Gasteiger partial charge in [0.2, 0.25) is 0 Å². The largest absolute Gasteiger partial charge is 0.397 e. The van der Waals surface area contributed by atoms with Gasteiger partial charge < -0.3 is 11.1 Å². The van der Waals surface area contributed by atoms with Crippen LogP contribution in [0.1, 0.15) is 16.1 Å². The van der Waals surface area contributed by atoms with Crippen molar-refractivity contribution in [1.29, 1.82) is 0 Å². The van der Waals surface area contributed by atoms with Gasteiger partial charge in [-0.25, -0.2) is 0 Å². The van der Waals surface area contributed by atoms with E-state index in [1.54, 1.807) is 13.0 Å². The summed E-state index contributed by atoms with van der Waals surface area (Å²) < 4.78 is 0. The maximum Gasteiger partial charge on any atom is 0.253 e. The Bertz CT molecular complexity index is 393. The monoisotopic (exact) mass is 189 g/mol. The Kier molecular flexibility index (Phi) is 3.08. The number of aromatic nitrogens is 1. The zero-order valence-electron chi connectivity index (χ0n) is 7.87. The number of nitrogen functional groups attached to an aromatic ring is 1. The van der Waals surface area contributed by atoms with Gasteiger partial charge >= 0.3 is 0 Å². The van der Waals surface area contributed by atoms with Gasteiger partial charge in [0.25, 0.3) is 5.91 Å². The van der Waals surface area contributed by atoms with Crippen LogP contribution in [0, 0.1) is 19.3 Å². The van der Waals surface area contributed by atoms with Crippen LogP contribution in [-0.2, 0) is 0 Å². The van der Waals surface area contributed by atoms with Crippen LogP contribution in [0.15, 0.2) is 12.3 Å². The van der Waals surface area contributed by atoms with E-state index in [9.17, 15) is 4.79 Å². The molecule has 3 N–H and O–H groups in total. The van der Waals surface area contributed by atoms with Crippen molar-refractivity contribution >= 4 is 11.6 Å². The average Bonchev–Trinajstić information content (AvgIpc) is 2.18. The van der Waals surface area contributed by atoms with Gasteiger partial charge in [0.15, 0.2) is 0 Å². The summed E-state index contributed by atoms with van der Waals surface area (Å²) >= 11 is 0. The number of nitrogens with zero attached hydrogens (tertiary/aromatic N) is 1. The molecule has 14 heavy (non-hydrogen) atoms. The van der Waals surface area contributed by atoms with Gasteiger partial charge in [-0.15, -0.1) is 6.42 Å². The Labute approximate surface area is 82.5 Å². The van der Waals surface area contributed by atoms with Crippen LogP contribution in [0.2, 0.25) is 0 Å². The fourth-order valence-electron chi connectivity index (χ4n) is 1.01. The summed E-state index contributed by atoms with van der Waals surface area (Å²) in [6.45, 7) is 1.94. The molecule has 0 spiro atoms. The van der Waals surface area contributed by atoms with Gasteiger partial charge in [0.1, 0.15) is 0 Å². The molecule has 1 rings (SSSR count). The van der Waals surface area contributed by atoms with Crippen molar-refractivity contribution in [2.45, 2.75) is 6.92 Å². The van der Waals surface area contributed by atoms with Gasteiger partial charge in [-0.3, -0.25) is 9.78 Å². The van der Waals surface area contributed by atoms with E-state index in [0.717, 1.165) is 0 Å². The van der Waals surface area contributed by atoms with Crippen LogP contribution in [0.3, 0.4) is 0 Å². The van der Waals surface area contributed by atoms with Gasteiger partial charge in [0.05, 0.1) is 29.7 Å². The van der Waals surface area contributed by atoms with Gasteiger partial charge in [-0.2, -0.15) is 0 Å². The highest BCUT2D eigenvalue weighted by Crippen LogP contribution is 2.08. The number of rotatable bonds is 2. The van der Waals surface area contributed by atoms with E-state index in [0.29, 0.717) is 16.9 Å². The minimum Gasteiger partial charge on any atom is -0.397 e. The summed E-state index contributed by atoms with van der Waals surface area (Å²) in [5.41, 5.74) is 7.06. The van der Waals surface area contributed by atoms with Crippen molar-refractivity contribution in [1.82, 2.24) is 10.3 Å². The van der Waals surface area contributed by atoms with Crippen LogP contribution in [0.5, 0.6) is 0 Å². The summed E-state index contributed by atoms with van der Waals surface area (Å²) in [7, 11) is 0. The molecule has 0 aliphatic carbocycles. The molecule has 0 unspecified atom stereocenters. The first kappa shape index (κ1) is 10.1. The maximum absolute atomic E-state index is 11.5. The van der Waals surface area contributed by atoms with Crippen LogP contribution in [0.4, 0.5) is 5.69 Å². The number of hydrogen-bond acceptors (Lipinski definition) is 3. The molecule has 0 aliphatic heterocycles. The van der Waals surface area contributed by atoms with Gasteiger partial charge in [-0.05, 0) is 13.0 Å². The normalized spacial score (nSPS) is 9.14. The quantitative estimate of drug-likeness (QED) is 0.659. The van der Waals surface area contributed by atoms with Crippen LogP contribution >= 0.6 is 0 Å². The first-order valence-corrected chi connectivity index (χ1v) is 4.09. The molecule has 0 bridgehead atoms. The fraction of sp³-hybridized carbons (Fsp3) is 0.200. The van der Waals surface area contributed by atoms with E-state index in [1.807, 2.05) is 0 Å². The number of pyridine rings is 1. The number of nitrogens with two attached hydrogens (primary N) is 1. The number of carbonyl (C=O) groups excluding carboxylic acids is 1. The lowest BCUT2D eigenvalue weighted by Crippen LogP contribution is -2.24. The number of aryl methyl sites for hydroxylation is 1. The maximum atomic E-state index is 11.5. The van der Waals surface area contributed by atoms with Crippen molar-refractivity contribution in [2.75, 3.05) is 12.3 Å². The van der Waals surface area contributed by atoms with E-state index in [1.165, 1.54) is 6.20 Å². The van der Waals surface area contributed by atoms with Crippen LogP contribution in [-0.4, -0.2) is 17.4 Å². The first-order valence-electron chi connectivity index (χ1n) is 4.09. The predicted octanol–water partition coefficient (Wildman–Crippen LogP) is 0.335. The number of hydrogen-bond donors (Lipinski definition) is 2. The smallest absolute Gasteiger partial charge is 0.253 e. The van der Waals surface area contributed by atoms with Crippen molar-refractivity contribution < 1.29 is 4.79 Å². The molecule has 0 saturated carbocycles. The minimum absolute atomic E-state index is 0.201. The molecular weight excluding hydrogens is 178 g/mol. The molecule has 0 atom stereocenters. The second kappa shape index (κ2) is 4.28. The van der Waals surface area contributed by atoms with Crippen molar-refractivity contribution in [3.05, 3.63) is 23.5 Å². The number of nitrogens with one attached hydrogen (secondary N) is 1. The lowest BCUT2D eigenvalue weighted by molar-refractivity contribution is 0.0957. The van der Waals surface area contributed by atoms with Crippen LogP contribution in [0.25, 0.3) is 0 Å². The molecule has 1 aromatic heterocycles. The fourth-order valence-corrected chi connectivity index (χ4v) is 1.01. The van der Waals surface area contributed by atoms with Crippen LogP contribution < -0.4 is 11.1 Å². The molecule has 1 heterocycles. The molecule has 1 amide bonds. The van der Waals surface area contributed by atoms with Gasteiger partial charge in [0, 0.05) is 0 Å². The summed E-state index contributed by atoms with van der Waals surface area (Å²) in [6, 6.07) is 1.58. The lowest BCUT2D eigenvalue weighted by atomic mass is 10.2. The molecule has 0 fully saturated rings. The molecule has 4 nitrogen and oxygen atoms in total.